The van der Waals surface area contributed by atoms with Gasteiger partial charge in [0.25, 0.3) is 0 Å². The SMILES string of the molecule is CC(=O)NC(CNCCOCC(C)C)C(=O)O. The summed E-state index contributed by atoms with van der Waals surface area (Å²) in [6.07, 6.45) is 0. The molecule has 0 radical (unpaired) electrons. The summed E-state index contributed by atoms with van der Waals surface area (Å²) in [6, 6.07) is -0.891. The van der Waals surface area contributed by atoms with Crippen molar-refractivity contribution in [1.82, 2.24) is 10.6 Å². The van der Waals surface area contributed by atoms with Crippen LogP contribution in [0.2, 0.25) is 0 Å². The van der Waals surface area contributed by atoms with Crippen LogP contribution in [0.5, 0.6) is 0 Å². The Morgan fingerprint density at radius 2 is 2.00 bits per heavy atom. The minimum Gasteiger partial charge on any atom is -0.480 e. The normalized spacial score (nSPS) is 12.5. The number of carboxylic acid groups (broad SMARTS) is 1. The van der Waals surface area contributed by atoms with Crippen molar-refractivity contribution in [2.45, 2.75) is 26.8 Å². The van der Waals surface area contributed by atoms with Gasteiger partial charge in [-0.1, -0.05) is 13.8 Å². The maximum atomic E-state index is 10.8. The van der Waals surface area contributed by atoms with E-state index in [-0.39, 0.29) is 12.5 Å². The first-order valence-electron chi connectivity index (χ1n) is 5.71. The summed E-state index contributed by atoms with van der Waals surface area (Å²) in [4.78, 5) is 21.5. The highest BCUT2D eigenvalue weighted by atomic mass is 16.5. The van der Waals surface area contributed by atoms with Crippen LogP contribution in [-0.2, 0) is 14.3 Å². The predicted molar refractivity (Wildman–Crippen MR) is 63.8 cm³/mol. The van der Waals surface area contributed by atoms with Gasteiger partial charge in [-0.15, -0.1) is 0 Å². The van der Waals surface area contributed by atoms with Gasteiger partial charge >= 0.3 is 5.97 Å². The molecule has 100 valence electrons. The van der Waals surface area contributed by atoms with Crippen LogP contribution in [-0.4, -0.2) is 49.3 Å². The Hall–Kier alpha value is -1.14. The van der Waals surface area contributed by atoms with Crippen LogP contribution in [0, 0.1) is 5.92 Å². The van der Waals surface area contributed by atoms with E-state index in [1.165, 1.54) is 6.92 Å². The van der Waals surface area contributed by atoms with E-state index in [9.17, 15) is 9.59 Å². The molecular weight excluding hydrogens is 224 g/mol. The van der Waals surface area contributed by atoms with Gasteiger partial charge in [0.05, 0.1) is 6.61 Å². The zero-order chi connectivity index (χ0) is 13.3. The molecule has 0 aromatic rings. The second-order valence-electron chi connectivity index (χ2n) is 4.26. The molecule has 0 fully saturated rings. The van der Waals surface area contributed by atoms with Gasteiger partial charge in [-0.3, -0.25) is 4.79 Å². The third-order valence-corrected chi connectivity index (χ3v) is 1.90. The largest absolute Gasteiger partial charge is 0.480 e. The Morgan fingerprint density at radius 1 is 1.35 bits per heavy atom. The number of ether oxygens (including phenoxy) is 1. The number of carbonyl (C=O) groups excluding carboxylic acids is 1. The number of amides is 1. The first kappa shape index (κ1) is 15.9. The van der Waals surface area contributed by atoms with Crippen molar-refractivity contribution in [2.24, 2.45) is 5.92 Å². The average Bonchev–Trinajstić information content (AvgIpc) is 2.20. The van der Waals surface area contributed by atoms with Gasteiger partial charge in [0.2, 0.25) is 5.91 Å². The van der Waals surface area contributed by atoms with Gasteiger partial charge in [0.15, 0.2) is 0 Å². The molecule has 1 amide bonds. The monoisotopic (exact) mass is 246 g/mol. The lowest BCUT2D eigenvalue weighted by molar-refractivity contribution is -0.141. The minimum absolute atomic E-state index is 0.194. The first-order chi connectivity index (χ1) is 7.93. The van der Waals surface area contributed by atoms with Gasteiger partial charge in [-0.05, 0) is 5.92 Å². The number of hydrogen-bond acceptors (Lipinski definition) is 4. The molecule has 0 saturated heterocycles. The van der Waals surface area contributed by atoms with Crippen LogP contribution in [0.15, 0.2) is 0 Å². The van der Waals surface area contributed by atoms with Gasteiger partial charge in [-0.2, -0.15) is 0 Å². The number of rotatable bonds is 9. The summed E-state index contributed by atoms with van der Waals surface area (Å²) in [5.41, 5.74) is 0. The van der Waals surface area contributed by atoms with E-state index in [0.717, 1.165) is 0 Å². The van der Waals surface area contributed by atoms with E-state index < -0.39 is 12.0 Å². The molecule has 0 rings (SSSR count). The fourth-order valence-electron chi connectivity index (χ4n) is 1.16. The van der Waals surface area contributed by atoms with Crippen molar-refractivity contribution in [3.05, 3.63) is 0 Å². The van der Waals surface area contributed by atoms with E-state index in [4.69, 9.17) is 9.84 Å². The van der Waals surface area contributed by atoms with Crippen LogP contribution >= 0.6 is 0 Å². The Kier molecular flexibility index (Phi) is 8.35. The molecule has 1 unspecified atom stereocenters. The van der Waals surface area contributed by atoms with Crippen LogP contribution in [0.1, 0.15) is 20.8 Å². The lowest BCUT2D eigenvalue weighted by Crippen LogP contribution is -2.47. The topological polar surface area (TPSA) is 87.7 Å². The molecule has 0 aromatic carbocycles. The van der Waals surface area contributed by atoms with Crippen LogP contribution in [0.3, 0.4) is 0 Å². The standard InChI is InChI=1S/C11H22N2O4/c1-8(2)7-17-5-4-12-6-10(11(15)16)13-9(3)14/h8,10,12H,4-7H2,1-3H3,(H,13,14)(H,15,16). The summed E-state index contributed by atoms with van der Waals surface area (Å²) in [5.74, 6) is -0.910. The van der Waals surface area contributed by atoms with Crippen LogP contribution < -0.4 is 10.6 Å². The summed E-state index contributed by atoms with van der Waals surface area (Å²) >= 11 is 0. The van der Waals surface area contributed by atoms with Gasteiger partial charge < -0.3 is 20.5 Å². The second kappa shape index (κ2) is 8.95. The lowest BCUT2D eigenvalue weighted by Gasteiger charge is -2.14. The Morgan fingerprint density at radius 3 is 2.47 bits per heavy atom. The zero-order valence-electron chi connectivity index (χ0n) is 10.7. The van der Waals surface area contributed by atoms with Gasteiger partial charge in [0, 0.05) is 26.6 Å². The molecule has 0 aliphatic carbocycles. The summed E-state index contributed by atoms with van der Waals surface area (Å²) in [5, 5.41) is 14.1. The average molecular weight is 246 g/mol. The molecule has 0 bridgehead atoms. The maximum Gasteiger partial charge on any atom is 0.327 e. The quantitative estimate of drug-likeness (QED) is 0.492. The van der Waals surface area contributed by atoms with E-state index in [1.807, 2.05) is 0 Å². The molecule has 0 heterocycles. The highest BCUT2D eigenvalue weighted by molar-refractivity contribution is 5.82. The fraction of sp³-hybridized carbons (Fsp3) is 0.818. The predicted octanol–water partition coefficient (Wildman–Crippen LogP) is -0.162. The fourth-order valence-corrected chi connectivity index (χ4v) is 1.16. The number of aliphatic carboxylic acids is 1. The van der Waals surface area contributed by atoms with E-state index in [2.05, 4.69) is 24.5 Å². The Bertz CT molecular complexity index is 244. The van der Waals surface area contributed by atoms with E-state index >= 15 is 0 Å². The lowest BCUT2D eigenvalue weighted by atomic mass is 10.2. The van der Waals surface area contributed by atoms with Gasteiger partial charge in [0.1, 0.15) is 6.04 Å². The first-order valence-corrected chi connectivity index (χ1v) is 5.71. The second-order valence-corrected chi connectivity index (χ2v) is 4.26. The van der Waals surface area contributed by atoms with Gasteiger partial charge in [-0.25, -0.2) is 4.79 Å². The zero-order valence-corrected chi connectivity index (χ0v) is 10.7. The molecule has 6 heteroatoms. The summed E-state index contributed by atoms with van der Waals surface area (Å²) < 4.78 is 5.32. The molecular formula is C11H22N2O4. The molecule has 0 aromatic heterocycles. The number of carbonyl (C=O) groups is 2. The third-order valence-electron chi connectivity index (χ3n) is 1.90. The summed E-state index contributed by atoms with van der Waals surface area (Å²) in [6.45, 7) is 7.40. The van der Waals surface area contributed by atoms with E-state index in [0.29, 0.717) is 25.7 Å². The van der Waals surface area contributed by atoms with Crippen molar-refractivity contribution in [3.63, 3.8) is 0 Å². The van der Waals surface area contributed by atoms with Crippen LogP contribution in [0.25, 0.3) is 0 Å². The number of carboxylic acids is 1. The number of nitrogens with one attached hydrogen (secondary N) is 2. The highest BCUT2D eigenvalue weighted by Gasteiger charge is 2.17. The van der Waals surface area contributed by atoms with Crippen molar-refractivity contribution < 1.29 is 19.4 Å². The molecule has 0 saturated carbocycles. The number of hydrogen-bond donors (Lipinski definition) is 3. The molecule has 6 nitrogen and oxygen atoms in total. The maximum absolute atomic E-state index is 10.8. The molecule has 17 heavy (non-hydrogen) atoms. The molecule has 1 atom stereocenters. The Labute approximate surface area is 102 Å². The smallest absolute Gasteiger partial charge is 0.327 e. The van der Waals surface area contributed by atoms with Crippen LogP contribution in [0.4, 0.5) is 0 Å². The van der Waals surface area contributed by atoms with Crippen molar-refractivity contribution in [2.75, 3.05) is 26.3 Å². The third kappa shape index (κ3) is 9.77. The van der Waals surface area contributed by atoms with Crippen molar-refractivity contribution >= 4 is 11.9 Å². The van der Waals surface area contributed by atoms with Crippen molar-refractivity contribution in [3.8, 4) is 0 Å². The van der Waals surface area contributed by atoms with E-state index in [1.54, 1.807) is 0 Å². The Balaban J connectivity index is 3.61. The minimum atomic E-state index is -1.05. The highest BCUT2D eigenvalue weighted by Crippen LogP contribution is 1.91. The molecule has 0 aliphatic heterocycles. The molecule has 3 N–H and O–H groups in total. The van der Waals surface area contributed by atoms with Crippen molar-refractivity contribution in [1.29, 1.82) is 0 Å². The molecule has 0 spiro atoms. The molecule has 0 aliphatic rings. The summed E-state index contributed by atoms with van der Waals surface area (Å²) in [7, 11) is 0.